The van der Waals surface area contributed by atoms with Crippen molar-refractivity contribution in [3.8, 4) is 5.75 Å². The largest absolute Gasteiger partial charge is 0.501 e. The van der Waals surface area contributed by atoms with Crippen LogP contribution in [0.15, 0.2) is 30.5 Å². The lowest BCUT2D eigenvalue weighted by atomic mass is 10.2. The first-order valence-corrected chi connectivity index (χ1v) is 4.87. The molecule has 0 N–H and O–H groups in total. The van der Waals surface area contributed by atoms with E-state index in [9.17, 15) is 0 Å². The third-order valence-electron chi connectivity index (χ3n) is 1.76. The standard InChI is InChI=1S/C12H16O3/c1-3-14-9-8-11-6-4-5-7-12(11)15-10-13-2/h4-9H,3,10H2,1-2H3/b9-8+. The lowest BCUT2D eigenvalue weighted by molar-refractivity contribution is 0.0509. The first-order valence-electron chi connectivity index (χ1n) is 4.87. The Hall–Kier alpha value is -1.48. The van der Waals surface area contributed by atoms with Crippen molar-refractivity contribution in [3.63, 3.8) is 0 Å². The van der Waals surface area contributed by atoms with Crippen molar-refractivity contribution in [2.24, 2.45) is 0 Å². The maximum Gasteiger partial charge on any atom is 0.188 e. The molecule has 0 atom stereocenters. The van der Waals surface area contributed by atoms with E-state index < -0.39 is 0 Å². The Morgan fingerprint density at radius 1 is 1.27 bits per heavy atom. The van der Waals surface area contributed by atoms with Crippen LogP contribution in [0, 0.1) is 0 Å². The minimum atomic E-state index is 0.249. The second-order valence-electron chi connectivity index (χ2n) is 2.85. The van der Waals surface area contributed by atoms with Crippen molar-refractivity contribution in [1.82, 2.24) is 0 Å². The Balaban J connectivity index is 2.67. The fourth-order valence-corrected chi connectivity index (χ4v) is 1.09. The first kappa shape index (κ1) is 11.6. The Morgan fingerprint density at radius 3 is 2.80 bits per heavy atom. The zero-order valence-corrected chi connectivity index (χ0v) is 9.10. The summed E-state index contributed by atoms with van der Waals surface area (Å²) in [5, 5.41) is 0. The molecule has 0 saturated heterocycles. The van der Waals surface area contributed by atoms with Crippen LogP contribution < -0.4 is 4.74 Å². The molecule has 0 saturated carbocycles. The van der Waals surface area contributed by atoms with E-state index in [1.165, 1.54) is 0 Å². The van der Waals surface area contributed by atoms with Gasteiger partial charge < -0.3 is 14.2 Å². The smallest absolute Gasteiger partial charge is 0.188 e. The zero-order chi connectivity index (χ0) is 10.9. The molecule has 0 aliphatic heterocycles. The number of hydrogen-bond acceptors (Lipinski definition) is 3. The van der Waals surface area contributed by atoms with E-state index in [1.54, 1.807) is 13.4 Å². The molecule has 0 amide bonds. The molecule has 3 heteroatoms. The summed E-state index contributed by atoms with van der Waals surface area (Å²) in [6, 6.07) is 7.72. The van der Waals surface area contributed by atoms with E-state index in [-0.39, 0.29) is 6.79 Å². The molecule has 0 aliphatic carbocycles. The van der Waals surface area contributed by atoms with Crippen LogP contribution in [0.1, 0.15) is 12.5 Å². The maximum atomic E-state index is 5.39. The SMILES string of the molecule is CCO/C=C/c1ccccc1OCOC. The van der Waals surface area contributed by atoms with Crippen molar-refractivity contribution in [1.29, 1.82) is 0 Å². The number of benzene rings is 1. The number of ether oxygens (including phenoxy) is 3. The van der Waals surface area contributed by atoms with Crippen LogP contribution in [0.2, 0.25) is 0 Å². The average Bonchev–Trinajstić information content (AvgIpc) is 2.28. The fraction of sp³-hybridized carbons (Fsp3) is 0.333. The molecule has 0 bridgehead atoms. The van der Waals surface area contributed by atoms with E-state index in [2.05, 4.69) is 0 Å². The number of para-hydroxylation sites is 1. The molecule has 82 valence electrons. The fourth-order valence-electron chi connectivity index (χ4n) is 1.09. The number of hydrogen-bond donors (Lipinski definition) is 0. The van der Waals surface area contributed by atoms with E-state index >= 15 is 0 Å². The third-order valence-corrected chi connectivity index (χ3v) is 1.76. The summed E-state index contributed by atoms with van der Waals surface area (Å²) in [7, 11) is 1.60. The molecule has 0 spiro atoms. The Morgan fingerprint density at radius 2 is 2.07 bits per heavy atom. The maximum absolute atomic E-state index is 5.39. The van der Waals surface area contributed by atoms with Crippen LogP contribution in [0.3, 0.4) is 0 Å². The molecule has 15 heavy (non-hydrogen) atoms. The van der Waals surface area contributed by atoms with Gasteiger partial charge in [0.15, 0.2) is 6.79 Å². The normalized spacial score (nSPS) is 10.5. The van der Waals surface area contributed by atoms with Crippen LogP contribution >= 0.6 is 0 Å². The predicted octanol–water partition coefficient (Wildman–Crippen LogP) is 2.68. The monoisotopic (exact) mass is 208 g/mol. The van der Waals surface area contributed by atoms with Crippen molar-refractivity contribution in [3.05, 3.63) is 36.1 Å². The lowest BCUT2D eigenvalue weighted by Gasteiger charge is -2.07. The highest BCUT2D eigenvalue weighted by molar-refractivity contribution is 5.56. The van der Waals surface area contributed by atoms with Gasteiger partial charge in [-0.3, -0.25) is 0 Å². The Labute approximate surface area is 90.3 Å². The summed E-state index contributed by atoms with van der Waals surface area (Å²) in [4.78, 5) is 0. The van der Waals surface area contributed by atoms with Gasteiger partial charge in [0.25, 0.3) is 0 Å². The topological polar surface area (TPSA) is 27.7 Å². The highest BCUT2D eigenvalue weighted by Crippen LogP contribution is 2.19. The first-order chi connectivity index (χ1) is 7.38. The van der Waals surface area contributed by atoms with Gasteiger partial charge in [-0.1, -0.05) is 18.2 Å². The van der Waals surface area contributed by atoms with Gasteiger partial charge in [0, 0.05) is 12.7 Å². The van der Waals surface area contributed by atoms with Crippen molar-refractivity contribution in [2.75, 3.05) is 20.5 Å². The molecular formula is C12H16O3. The summed E-state index contributed by atoms with van der Waals surface area (Å²) in [6.07, 6.45) is 3.53. The Bertz CT molecular complexity index is 307. The van der Waals surface area contributed by atoms with Gasteiger partial charge in [-0.15, -0.1) is 0 Å². The lowest BCUT2D eigenvalue weighted by Crippen LogP contribution is -1.99. The van der Waals surface area contributed by atoms with E-state index in [0.717, 1.165) is 11.3 Å². The second-order valence-corrected chi connectivity index (χ2v) is 2.85. The van der Waals surface area contributed by atoms with Gasteiger partial charge >= 0.3 is 0 Å². The minimum absolute atomic E-state index is 0.249. The van der Waals surface area contributed by atoms with Gasteiger partial charge in [-0.05, 0) is 19.1 Å². The number of methoxy groups -OCH3 is 1. The summed E-state index contributed by atoms with van der Waals surface area (Å²) in [5.41, 5.74) is 0.975. The zero-order valence-electron chi connectivity index (χ0n) is 9.10. The van der Waals surface area contributed by atoms with E-state index in [0.29, 0.717) is 6.61 Å². The predicted molar refractivity (Wildman–Crippen MR) is 59.6 cm³/mol. The second kappa shape index (κ2) is 6.90. The van der Waals surface area contributed by atoms with Crippen molar-refractivity contribution < 1.29 is 14.2 Å². The summed E-state index contributed by atoms with van der Waals surface area (Å²) < 4.78 is 15.4. The minimum Gasteiger partial charge on any atom is -0.501 e. The van der Waals surface area contributed by atoms with Crippen LogP contribution in [0.5, 0.6) is 5.75 Å². The van der Waals surface area contributed by atoms with Crippen LogP contribution in [0.25, 0.3) is 6.08 Å². The average molecular weight is 208 g/mol. The van der Waals surface area contributed by atoms with E-state index in [1.807, 2.05) is 37.3 Å². The van der Waals surface area contributed by atoms with Crippen molar-refractivity contribution >= 4 is 6.08 Å². The molecule has 0 aliphatic rings. The number of rotatable bonds is 6. The third kappa shape index (κ3) is 4.04. The summed E-state index contributed by atoms with van der Waals surface area (Å²) in [6.45, 7) is 2.86. The summed E-state index contributed by atoms with van der Waals surface area (Å²) in [5.74, 6) is 0.787. The highest BCUT2D eigenvalue weighted by atomic mass is 16.7. The molecule has 1 aromatic rings. The van der Waals surface area contributed by atoms with Gasteiger partial charge in [0.05, 0.1) is 12.9 Å². The van der Waals surface area contributed by atoms with Crippen LogP contribution in [-0.2, 0) is 9.47 Å². The Kier molecular flexibility index (Phi) is 5.33. The quantitative estimate of drug-likeness (QED) is 0.531. The summed E-state index contributed by atoms with van der Waals surface area (Å²) >= 11 is 0. The van der Waals surface area contributed by atoms with Gasteiger partial charge in [-0.25, -0.2) is 0 Å². The molecule has 3 nitrogen and oxygen atoms in total. The molecule has 0 aromatic heterocycles. The molecular weight excluding hydrogens is 192 g/mol. The molecule has 0 fully saturated rings. The van der Waals surface area contributed by atoms with Crippen LogP contribution in [0.4, 0.5) is 0 Å². The van der Waals surface area contributed by atoms with Gasteiger partial charge in [0.1, 0.15) is 5.75 Å². The van der Waals surface area contributed by atoms with Gasteiger partial charge in [0.2, 0.25) is 0 Å². The molecule has 0 heterocycles. The van der Waals surface area contributed by atoms with Gasteiger partial charge in [-0.2, -0.15) is 0 Å². The van der Waals surface area contributed by atoms with Crippen molar-refractivity contribution in [2.45, 2.75) is 6.92 Å². The molecule has 0 unspecified atom stereocenters. The molecule has 1 rings (SSSR count). The molecule has 1 aromatic carbocycles. The van der Waals surface area contributed by atoms with Crippen LogP contribution in [-0.4, -0.2) is 20.5 Å². The highest BCUT2D eigenvalue weighted by Gasteiger charge is 1.98. The molecule has 0 radical (unpaired) electrons. The van der Waals surface area contributed by atoms with E-state index in [4.69, 9.17) is 14.2 Å².